The molecule has 0 unspecified atom stereocenters. The summed E-state index contributed by atoms with van der Waals surface area (Å²) in [7, 11) is 0. The molecule has 3 rings (SSSR count). The molecule has 0 N–H and O–H groups in total. The predicted molar refractivity (Wildman–Crippen MR) is 128 cm³/mol. The molecule has 0 radical (unpaired) electrons. The predicted octanol–water partition coefficient (Wildman–Crippen LogP) is 6.19. The van der Waals surface area contributed by atoms with Gasteiger partial charge < -0.3 is 0 Å². The van der Waals surface area contributed by atoms with E-state index in [-0.39, 0.29) is 17.0 Å². The van der Waals surface area contributed by atoms with Crippen LogP contribution in [0.1, 0.15) is 6.42 Å². The molecule has 0 fully saturated rings. The van der Waals surface area contributed by atoms with E-state index in [2.05, 4.69) is 122 Å². The Morgan fingerprint density at radius 2 is 0.920 bits per heavy atom. The van der Waals surface area contributed by atoms with Crippen molar-refractivity contribution in [3.8, 4) is 0 Å². The molecular weight excluding hydrogens is 523 g/mol. The van der Waals surface area contributed by atoms with Gasteiger partial charge in [0.1, 0.15) is 0 Å². The molecule has 0 atom stereocenters. The van der Waals surface area contributed by atoms with Gasteiger partial charge in [-0.1, -0.05) is 0 Å². The van der Waals surface area contributed by atoms with E-state index in [9.17, 15) is 0 Å². The zero-order valence-corrected chi connectivity index (χ0v) is 19.7. The number of hydrogen-bond acceptors (Lipinski definition) is 0. The SMILES string of the molecule is Br.BrCCCP(Br)(c1ccccc1)(c1ccccc1)c1ccccc1. The molecule has 25 heavy (non-hydrogen) atoms. The second-order valence-electron chi connectivity index (χ2n) is 5.96. The molecule has 0 aliphatic heterocycles. The van der Waals surface area contributed by atoms with Crippen LogP contribution in [0.15, 0.2) is 91.0 Å². The van der Waals surface area contributed by atoms with Crippen molar-refractivity contribution in [2.75, 3.05) is 11.5 Å². The van der Waals surface area contributed by atoms with E-state index in [1.54, 1.807) is 0 Å². The summed E-state index contributed by atoms with van der Waals surface area (Å²) in [5, 5.41) is 2.50. The molecule has 0 heterocycles. The van der Waals surface area contributed by atoms with E-state index >= 15 is 0 Å². The Balaban J connectivity index is 0.00000225. The topological polar surface area (TPSA) is 0 Å². The molecule has 4 heteroatoms. The molecule has 0 aromatic heterocycles. The number of halogens is 3. The van der Waals surface area contributed by atoms with Gasteiger partial charge >= 0.3 is 162 Å². The van der Waals surface area contributed by atoms with Gasteiger partial charge in [0, 0.05) is 0 Å². The average Bonchev–Trinajstić information content (AvgIpc) is 2.68. The molecule has 0 spiro atoms. The molecule has 0 aliphatic rings. The second kappa shape index (κ2) is 8.95. The quantitative estimate of drug-likeness (QED) is 0.256. The molecule has 0 nitrogen and oxygen atoms in total. The van der Waals surface area contributed by atoms with Crippen molar-refractivity contribution in [2.45, 2.75) is 6.42 Å². The van der Waals surface area contributed by atoms with Gasteiger partial charge in [0.2, 0.25) is 0 Å². The third-order valence-corrected chi connectivity index (χ3v) is 15.2. The van der Waals surface area contributed by atoms with Crippen LogP contribution in [0.5, 0.6) is 0 Å². The summed E-state index contributed by atoms with van der Waals surface area (Å²) in [6.07, 6.45) is 2.21. The number of hydrogen-bond donors (Lipinski definition) is 0. The molecule has 0 saturated carbocycles. The Kier molecular flexibility index (Phi) is 7.46. The normalized spacial score (nSPS) is 12.6. The zero-order chi connectivity index (χ0) is 16.9. The Bertz CT molecular complexity index is 677. The maximum atomic E-state index is 4.43. The van der Waals surface area contributed by atoms with Crippen molar-refractivity contribution in [3.05, 3.63) is 91.0 Å². The first-order valence-corrected chi connectivity index (χ1v) is 13.7. The van der Waals surface area contributed by atoms with Crippen LogP contribution >= 0.6 is 53.7 Å². The Morgan fingerprint density at radius 1 is 0.600 bits per heavy atom. The van der Waals surface area contributed by atoms with E-state index in [0.717, 1.165) is 17.9 Å². The van der Waals surface area contributed by atoms with Crippen LogP contribution in [0.2, 0.25) is 0 Å². The standard InChI is InChI=1S/C21H21Br2P.BrH/c22-17-10-18-24(23,19-11-4-1-5-12-19,20-13-6-2-7-14-20)21-15-8-3-9-16-21;/h1-9,11-16H,10,17-18H2;1H. The van der Waals surface area contributed by atoms with Gasteiger partial charge in [0.25, 0.3) is 0 Å². The molecular formula is C21H22Br3P. The Hall–Kier alpha value is -0.470. The third kappa shape index (κ3) is 3.81. The summed E-state index contributed by atoms with van der Waals surface area (Å²) in [5.74, 6) is 0. The van der Waals surface area contributed by atoms with Crippen LogP contribution in [-0.4, -0.2) is 11.5 Å². The van der Waals surface area contributed by atoms with Crippen LogP contribution in [0.4, 0.5) is 0 Å². The van der Waals surface area contributed by atoms with E-state index in [4.69, 9.17) is 0 Å². The molecule has 0 aliphatic carbocycles. The fraction of sp³-hybridized carbons (Fsp3) is 0.143. The Labute approximate surface area is 177 Å². The van der Waals surface area contributed by atoms with Crippen LogP contribution < -0.4 is 15.9 Å². The number of benzene rings is 3. The maximum absolute atomic E-state index is 4.43. The Morgan fingerprint density at radius 3 is 1.20 bits per heavy atom. The second-order valence-corrected chi connectivity index (χ2v) is 15.8. The molecule has 0 amide bonds. The van der Waals surface area contributed by atoms with Crippen molar-refractivity contribution in [3.63, 3.8) is 0 Å². The summed E-state index contributed by atoms with van der Waals surface area (Å²) in [5.41, 5.74) is 0. The van der Waals surface area contributed by atoms with Crippen molar-refractivity contribution in [1.29, 1.82) is 0 Å². The van der Waals surface area contributed by atoms with Crippen LogP contribution in [0.25, 0.3) is 0 Å². The van der Waals surface area contributed by atoms with E-state index < -0.39 is 5.31 Å². The van der Waals surface area contributed by atoms with Crippen molar-refractivity contribution < 1.29 is 0 Å². The van der Waals surface area contributed by atoms with Crippen molar-refractivity contribution >= 4 is 69.6 Å². The van der Waals surface area contributed by atoms with E-state index in [1.807, 2.05) is 0 Å². The van der Waals surface area contributed by atoms with Gasteiger partial charge in [0.15, 0.2) is 0 Å². The monoisotopic (exact) mass is 542 g/mol. The van der Waals surface area contributed by atoms with Crippen molar-refractivity contribution in [1.82, 2.24) is 0 Å². The van der Waals surface area contributed by atoms with Crippen molar-refractivity contribution in [2.24, 2.45) is 0 Å². The summed E-state index contributed by atoms with van der Waals surface area (Å²) in [4.78, 5) is 0. The van der Waals surface area contributed by atoms with Gasteiger partial charge in [-0.3, -0.25) is 0 Å². The molecule has 132 valence electrons. The molecule has 0 saturated heterocycles. The van der Waals surface area contributed by atoms with Gasteiger partial charge in [-0.25, -0.2) is 0 Å². The fourth-order valence-electron chi connectivity index (χ4n) is 3.41. The minimum atomic E-state index is -2.67. The average molecular weight is 545 g/mol. The summed E-state index contributed by atoms with van der Waals surface area (Å²) < 4.78 is 0. The van der Waals surface area contributed by atoms with Gasteiger partial charge in [-0.05, 0) is 0 Å². The molecule has 3 aromatic carbocycles. The van der Waals surface area contributed by atoms with Gasteiger partial charge in [-0.2, -0.15) is 0 Å². The number of alkyl halides is 1. The third-order valence-electron chi connectivity index (χ3n) is 4.60. The first kappa shape index (κ1) is 20.8. The van der Waals surface area contributed by atoms with E-state index in [0.29, 0.717) is 0 Å². The summed E-state index contributed by atoms with van der Waals surface area (Å²) in [6.45, 7) is 0. The number of rotatable bonds is 6. The van der Waals surface area contributed by atoms with E-state index in [1.165, 1.54) is 15.9 Å². The van der Waals surface area contributed by atoms with Gasteiger partial charge in [0.05, 0.1) is 0 Å². The zero-order valence-electron chi connectivity index (χ0n) is 13.9. The van der Waals surface area contributed by atoms with Crippen LogP contribution in [-0.2, 0) is 0 Å². The van der Waals surface area contributed by atoms with Crippen LogP contribution in [0.3, 0.4) is 0 Å². The van der Waals surface area contributed by atoms with Crippen LogP contribution in [0, 0.1) is 0 Å². The molecule has 0 bridgehead atoms. The fourth-order valence-corrected chi connectivity index (χ4v) is 11.8. The van der Waals surface area contributed by atoms with Gasteiger partial charge in [-0.15, -0.1) is 17.0 Å². The first-order valence-electron chi connectivity index (χ1n) is 8.16. The minimum absolute atomic E-state index is 0. The summed E-state index contributed by atoms with van der Waals surface area (Å²) in [6, 6.07) is 32.9. The summed E-state index contributed by atoms with van der Waals surface area (Å²) >= 11 is 8.07. The molecule has 3 aromatic rings. The first-order chi connectivity index (χ1) is 11.7.